The highest BCUT2D eigenvalue weighted by Crippen LogP contribution is 2.16. The van der Waals surface area contributed by atoms with Crippen LogP contribution in [0, 0.1) is 0 Å². The van der Waals surface area contributed by atoms with Crippen LogP contribution in [0.15, 0.2) is 51.6 Å². The second-order valence-electron chi connectivity index (χ2n) is 6.70. The first-order chi connectivity index (χ1) is 13.0. The van der Waals surface area contributed by atoms with Crippen molar-refractivity contribution in [3.63, 3.8) is 0 Å². The van der Waals surface area contributed by atoms with Crippen LogP contribution in [0.25, 0.3) is 0 Å². The summed E-state index contributed by atoms with van der Waals surface area (Å²) >= 11 is 0. The smallest absolute Gasteiger partial charge is 0.251 e. The van der Waals surface area contributed by atoms with Crippen molar-refractivity contribution in [2.75, 3.05) is 7.05 Å². The minimum Gasteiger partial charge on any atom is -0.468 e. The van der Waals surface area contributed by atoms with Crippen molar-refractivity contribution in [3.05, 3.63) is 71.3 Å². The molecule has 1 N–H and O–H groups in total. The van der Waals surface area contributed by atoms with Gasteiger partial charge < -0.3 is 14.3 Å². The molecule has 27 heavy (non-hydrogen) atoms. The maximum Gasteiger partial charge on any atom is 0.251 e. The lowest BCUT2D eigenvalue weighted by atomic mass is 10.1. The van der Waals surface area contributed by atoms with Gasteiger partial charge in [0.25, 0.3) is 5.91 Å². The fourth-order valence-electron chi connectivity index (χ4n) is 2.72. The molecule has 1 aromatic carbocycles. The van der Waals surface area contributed by atoms with Gasteiger partial charge in [0, 0.05) is 25.1 Å². The van der Waals surface area contributed by atoms with Crippen LogP contribution in [0.1, 0.15) is 53.2 Å². The standard InChI is InChI=1S/C20H24N4O3/c1-14(2)20-22-18(23-27-20)13-24(12-17-5-4-10-26-17)11-15-6-8-16(9-7-15)19(25)21-3/h4-10,14H,11-13H2,1-3H3,(H,21,25). The highest BCUT2D eigenvalue weighted by Gasteiger charge is 2.16. The Bertz CT molecular complexity index is 854. The highest BCUT2D eigenvalue weighted by molar-refractivity contribution is 5.93. The lowest BCUT2D eigenvalue weighted by Gasteiger charge is -2.19. The Kier molecular flexibility index (Phi) is 6.03. The molecular formula is C20H24N4O3. The largest absolute Gasteiger partial charge is 0.468 e. The Balaban J connectivity index is 1.73. The number of hydrogen-bond donors (Lipinski definition) is 1. The maximum absolute atomic E-state index is 11.7. The molecule has 0 spiro atoms. The van der Waals surface area contributed by atoms with Gasteiger partial charge in [-0.15, -0.1) is 0 Å². The summed E-state index contributed by atoms with van der Waals surface area (Å²) < 4.78 is 10.8. The third kappa shape index (κ3) is 5.04. The normalized spacial score (nSPS) is 11.3. The van der Waals surface area contributed by atoms with Gasteiger partial charge in [0.2, 0.25) is 5.89 Å². The van der Waals surface area contributed by atoms with Gasteiger partial charge >= 0.3 is 0 Å². The van der Waals surface area contributed by atoms with Gasteiger partial charge in [0.05, 0.1) is 19.4 Å². The predicted molar refractivity (Wildman–Crippen MR) is 99.9 cm³/mol. The monoisotopic (exact) mass is 368 g/mol. The molecule has 7 nitrogen and oxygen atoms in total. The SMILES string of the molecule is CNC(=O)c1ccc(CN(Cc2noc(C(C)C)n2)Cc2ccco2)cc1. The first-order valence-corrected chi connectivity index (χ1v) is 8.93. The lowest BCUT2D eigenvalue weighted by Crippen LogP contribution is -2.23. The zero-order valence-corrected chi connectivity index (χ0v) is 15.8. The van der Waals surface area contributed by atoms with Gasteiger partial charge in [0.15, 0.2) is 5.82 Å². The number of carbonyl (C=O) groups excluding carboxylic acids is 1. The number of benzene rings is 1. The zero-order valence-electron chi connectivity index (χ0n) is 15.8. The summed E-state index contributed by atoms with van der Waals surface area (Å²) in [6.07, 6.45) is 1.66. The summed E-state index contributed by atoms with van der Waals surface area (Å²) in [6, 6.07) is 11.4. The first kappa shape index (κ1) is 18.8. The number of rotatable bonds is 8. The molecule has 7 heteroatoms. The molecule has 142 valence electrons. The van der Waals surface area contributed by atoms with Crippen molar-refractivity contribution >= 4 is 5.91 Å². The van der Waals surface area contributed by atoms with E-state index in [0.717, 1.165) is 11.3 Å². The van der Waals surface area contributed by atoms with E-state index in [0.29, 0.717) is 36.9 Å². The third-order valence-electron chi connectivity index (χ3n) is 4.15. The predicted octanol–water partition coefficient (Wildman–Crippen LogP) is 3.35. The average molecular weight is 368 g/mol. The summed E-state index contributed by atoms with van der Waals surface area (Å²) in [7, 11) is 1.62. The number of aromatic nitrogens is 2. The van der Waals surface area contributed by atoms with E-state index in [9.17, 15) is 4.79 Å². The lowest BCUT2D eigenvalue weighted by molar-refractivity contribution is 0.0963. The van der Waals surface area contributed by atoms with E-state index >= 15 is 0 Å². The van der Waals surface area contributed by atoms with Crippen LogP contribution in [0.2, 0.25) is 0 Å². The molecule has 0 aliphatic carbocycles. The Hall–Kier alpha value is -2.93. The molecule has 0 radical (unpaired) electrons. The Morgan fingerprint density at radius 1 is 1.15 bits per heavy atom. The zero-order chi connectivity index (χ0) is 19.2. The minimum absolute atomic E-state index is 0.0954. The molecule has 2 heterocycles. The number of furan rings is 1. The van der Waals surface area contributed by atoms with Gasteiger partial charge in [-0.05, 0) is 29.8 Å². The second-order valence-corrected chi connectivity index (χ2v) is 6.70. The summed E-state index contributed by atoms with van der Waals surface area (Å²) in [5.41, 5.74) is 1.72. The van der Waals surface area contributed by atoms with Crippen LogP contribution in [0.5, 0.6) is 0 Å². The summed E-state index contributed by atoms with van der Waals surface area (Å²) in [5, 5.41) is 6.71. The molecule has 0 atom stereocenters. The molecule has 0 aliphatic rings. The number of hydrogen-bond acceptors (Lipinski definition) is 6. The van der Waals surface area contributed by atoms with E-state index in [4.69, 9.17) is 8.94 Å². The van der Waals surface area contributed by atoms with Crippen LogP contribution < -0.4 is 5.32 Å². The van der Waals surface area contributed by atoms with Crippen LogP contribution in [-0.2, 0) is 19.6 Å². The fourth-order valence-corrected chi connectivity index (χ4v) is 2.72. The first-order valence-electron chi connectivity index (χ1n) is 8.93. The van der Waals surface area contributed by atoms with E-state index in [1.54, 1.807) is 13.3 Å². The topological polar surface area (TPSA) is 84.4 Å². The molecule has 0 bridgehead atoms. The number of nitrogens with one attached hydrogen (secondary N) is 1. The van der Waals surface area contributed by atoms with Crippen LogP contribution in [-0.4, -0.2) is 28.0 Å². The quantitative estimate of drug-likeness (QED) is 0.656. The summed E-state index contributed by atoms with van der Waals surface area (Å²) in [6.45, 7) is 5.86. The number of amides is 1. The van der Waals surface area contributed by atoms with E-state index in [-0.39, 0.29) is 11.8 Å². The maximum atomic E-state index is 11.7. The van der Waals surface area contributed by atoms with Crippen molar-refractivity contribution in [1.29, 1.82) is 0 Å². The summed E-state index contributed by atoms with van der Waals surface area (Å²) in [5.74, 6) is 2.25. The van der Waals surface area contributed by atoms with Crippen molar-refractivity contribution in [2.45, 2.75) is 39.4 Å². The number of nitrogens with zero attached hydrogens (tertiary/aromatic N) is 3. The van der Waals surface area contributed by atoms with Gasteiger partial charge in [-0.25, -0.2) is 0 Å². The van der Waals surface area contributed by atoms with Crippen LogP contribution in [0.3, 0.4) is 0 Å². The van der Waals surface area contributed by atoms with E-state index in [1.807, 2.05) is 50.2 Å². The average Bonchev–Trinajstić information content (AvgIpc) is 3.34. The molecule has 2 aromatic heterocycles. The van der Waals surface area contributed by atoms with Crippen LogP contribution >= 0.6 is 0 Å². The van der Waals surface area contributed by atoms with Crippen molar-refractivity contribution in [2.24, 2.45) is 0 Å². The second kappa shape index (κ2) is 8.64. The number of carbonyl (C=O) groups is 1. The van der Waals surface area contributed by atoms with Gasteiger partial charge in [-0.3, -0.25) is 9.69 Å². The minimum atomic E-state index is -0.0954. The molecule has 0 saturated carbocycles. The fraction of sp³-hybridized carbons (Fsp3) is 0.350. The Morgan fingerprint density at radius 2 is 1.93 bits per heavy atom. The molecule has 0 fully saturated rings. The molecule has 3 rings (SSSR count). The Morgan fingerprint density at radius 3 is 2.52 bits per heavy atom. The molecule has 3 aromatic rings. The van der Waals surface area contributed by atoms with Crippen molar-refractivity contribution in [3.8, 4) is 0 Å². The van der Waals surface area contributed by atoms with Crippen molar-refractivity contribution in [1.82, 2.24) is 20.4 Å². The molecule has 0 aliphatic heterocycles. The summed E-state index contributed by atoms with van der Waals surface area (Å²) in [4.78, 5) is 18.3. The molecule has 0 saturated heterocycles. The van der Waals surface area contributed by atoms with Gasteiger partial charge in [-0.1, -0.05) is 31.1 Å². The van der Waals surface area contributed by atoms with Crippen LogP contribution in [0.4, 0.5) is 0 Å². The Labute approximate surface area is 158 Å². The molecule has 1 amide bonds. The molecule has 0 unspecified atom stereocenters. The van der Waals surface area contributed by atoms with E-state index < -0.39 is 0 Å². The van der Waals surface area contributed by atoms with Gasteiger partial charge in [-0.2, -0.15) is 4.98 Å². The molecular weight excluding hydrogens is 344 g/mol. The van der Waals surface area contributed by atoms with E-state index in [2.05, 4.69) is 20.4 Å². The van der Waals surface area contributed by atoms with E-state index in [1.165, 1.54) is 0 Å². The third-order valence-corrected chi connectivity index (χ3v) is 4.15. The van der Waals surface area contributed by atoms with Gasteiger partial charge in [0.1, 0.15) is 5.76 Å². The van der Waals surface area contributed by atoms with Crippen molar-refractivity contribution < 1.29 is 13.7 Å². The highest BCUT2D eigenvalue weighted by atomic mass is 16.5.